The van der Waals surface area contributed by atoms with Crippen molar-refractivity contribution in [1.82, 2.24) is 0 Å². The molecule has 1 fully saturated rings. The number of hydrogen-bond donors (Lipinski definition) is 0. The van der Waals surface area contributed by atoms with E-state index >= 15 is 0 Å². The van der Waals surface area contributed by atoms with Crippen LogP contribution in [0.1, 0.15) is 40.5 Å². The van der Waals surface area contributed by atoms with E-state index in [0.717, 1.165) is 6.42 Å². The second-order valence-corrected chi connectivity index (χ2v) is 5.40. The number of fused-ring (bicyclic) bond motifs is 1. The maximum atomic E-state index is 11.3. The van der Waals surface area contributed by atoms with Crippen molar-refractivity contribution in [2.75, 3.05) is 0 Å². The number of carbonyl (C=O) groups is 1. The molecule has 3 atom stereocenters. The molecule has 2 heteroatoms. The van der Waals surface area contributed by atoms with Gasteiger partial charge in [0.25, 0.3) is 0 Å². The summed E-state index contributed by atoms with van der Waals surface area (Å²) in [6, 6.07) is 0. The molecule has 2 bridgehead atoms. The Bertz CT molecular complexity index is 314. The molecular formula is C13H20O2. The molecule has 0 aromatic carbocycles. The van der Waals surface area contributed by atoms with Gasteiger partial charge in [-0.25, -0.2) is 0 Å². The summed E-state index contributed by atoms with van der Waals surface area (Å²) in [6.07, 6.45) is 4.00. The molecule has 0 radical (unpaired) electrons. The first-order valence-corrected chi connectivity index (χ1v) is 5.84. The lowest BCUT2D eigenvalue weighted by atomic mass is 9.47. The van der Waals surface area contributed by atoms with Crippen molar-refractivity contribution in [2.24, 2.45) is 17.3 Å². The van der Waals surface area contributed by atoms with Crippen LogP contribution in [0.3, 0.4) is 0 Å². The van der Waals surface area contributed by atoms with Gasteiger partial charge in [0.2, 0.25) is 0 Å². The molecule has 1 saturated carbocycles. The maximum Gasteiger partial charge on any atom is 0.305 e. The van der Waals surface area contributed by atoms with Crippen LogP contribution in [0.5, 0.6) is 0 Å². The molecular weight excluding hydrogens is 188 g/mol. The standard InChI is InChI=1S/C13H20O2/c1-5-10(14)15-12-9-7-6-8(2)11(12)13(9,3)4/h6,9,11-12H,5,7H2,1-4H3/t9-,11+,12?/m1/s1. The van der Waals surface area contributed by atoms with Crippen molar-refractivity contribution in [3.63, 3.8) is 0 Å². The Morgan fingerprint density at radius 2 is 2.27 bits per heavy atom. The Kier molecular flexibility index (Phi) is 2.40. The minimum atomic E-state index is -0.0554. The third-order valence-corrected chi connectivity index (χ3v) is 4.22. The minimum Gasteiger partial charge on any atom is -0.461 e. The first-order chi connectivity index (χ1) is 6.98. The summed E-state index contributed by atoms with van der Waals surface area (Å²) in [4.78, 5) is 11.3. The van der Waals surface area contributed by atoms with Crippen LogP contribution in [0.25, 0.3) is 0 Å². The first kappa shape index (κ1) is 10.7. The van der Waals surface area contributed by atoms with Crippen LogP contribution >= 0.6 is 0 Å². The lowest BCUT2D eigenvalue weighted by Crippen LogP contribution is -2.61. The fourth-order valence-corrected chi connectivity index (χ4v) is 3.30. The molecule has 3 aliphatic carbocycles. The van der Waals surface area contributed by atoms with Crippen molar-refractivity contribution in [2.45, 2.75) is 46.6 Å². The van der Waals surface area contributed by atoms with Crippen LogP contribution in [0.2, 0.25) is 0 Å². The second kappa shape index (κ2) is 3.36. The molecule has 0 saturated heterocycles. The molecule has 0 amide bonds. The van der Waals surface area contributed by atoms with E-state index in [4.69, 9.17) is 4.74 Å². The van der Waals surface area contributed by atoms with Gasteiger partial charge < -0.3 is 4.74 Å². The quantitative estimate of drug-likeness (QED) is 0.515. The predicted molar refractivity (Wildman–Crippen MR) is 59.3 cm³/mol. The SMILES string of the molecule is CCC(=O)OC1[C@H]2CC=C(C)[C@@H]1C2(C)C. The van der Waals surface area contributed by atoms with E-state index in [2.05, 4.69) is 26.8 Å². The Balaban J connectivity index is 2.13. The number of hydrogen-bond acceptors (Lipinski definition) is 2. The number of ether oxygens (including phenoxy) is 1. The Morgan fingerprint density at radius 3 is 2.73 bits per heavy atom. The number of esters is 1. The Hall–Kier alpha value is -0.790. The molecule has 3 rings (SSSR count). The van der Waals surface area contributed by atoms with Crippen LogP contribution in [-0.4, -0.2) is 12.1 Å². The minimum absolute atomic E-state index is 0.0554. The van der Waals surface area contributed by atoms with Crippen molar-refractivity contribution in [1.29, 1.82) is 0 Å². The van der Waals surface area contributed by atoms with Gasteiger partial charge in [0.15, 0.2) is 0 Å². The lowest BCUT2D eigenvalue weighted by Gasteiger charge is -2.60. The summed E-state index contributed by atoms with van der Waals surface area (Å²) in [5.74, 6) is 0.925. The first-order valence-electron chi connectivity index (χ1n) is 5.84. The van der Waals surface area contributed by atoms with Gasteiger partial charge >= 0.3 is 5.97 Å². The van der Waals surface area contributed by atoms with Gasteiger partial charge in [-0.2, -0.15) is 0 Å². The molecule has 1 unspecified atom stereocenters. The van der Waals surface area contributed by atoms with E-state index in [1.807, 2.05) is 6.92 Å². The third-order valence-electron chi connectivity index (χ3n) is 4.22. The van der Waals surface area contributed by atoms with Crippen molar-refractivity contribution in [3.05, 3.63) is 11.6 Å². The summed E-state index contributed by atoms with van der Waals surface area (Å²) in [7, 11) is 0. The molecule has 15 heavy (non-hydrogen) atoms. The highest BCUT2D eigenvalue weighted by atomic mass is 16.5. The van der Waals surface area contributed by atoms with Crippen LogP contribution in [0, 0.1) is 17.3 Å². The number of allylic oxidation sites excluding steroid dienone is 1. The average Bonchev–Trinajstić information content (AvgIpc) is 2.16. The van der Waals surface area contributed by atoms with Crippen molar-refractivity contribution >= 4 is 5.97 Å². The second-order valence-electron chi connectivity index (χ2n) is 5.40. The van der Waals surface area contributed by atoms with Crippen molar-refractivity contribution in [3.8, 4) is 0 Å². The summed E-state index contributed by atoms with van der Waals surface area (Å²) in [5, 5.41) is 0. The molecule has 0 aromatic rings. The van der Waals surface area contributed by atoms with Gasteiger partial charge in [-0.3, -0.25) is 4.79 Å². The van der Waals surface area contributed by atoms with Gasteiger partial charge in [-0.15, -0.1) is 0 Å². The lowest BCUT2D eigenvalue weighted by molar-refractivity contribution is -0.191. The smallest absolute Gasteiger partial charge is 0.305 e. The number of rotatable bonds is 2. The normalized spacial score (nSPS) is 36.5. The highest BCUT2D eigenvalue weighted by molar-refractivity contribution is 5.69. The monoisotopic (exact) mass is 208 g/mol. The third kappa shape index (κ3) is 1.42. The fourth-order valence-electron chi connectivity index (χ4n) is 3.30. The molecule has 0 heterocycles. The maximum absolute atomic E-state index is 11.3. The topological polar surface area (TPSA) is 26.3 Å². The zero-order chi connectivity index (χ0) is 11.2. The van der Waals surface area contributed by atoms with E-state index in [-0.39, 0.29) is 12.1 Å². The summed E-state index contributed by atoms with van der Waals surface area (Å²) in [5.41, 5.74) is 1.72. The van der Waals surface area contributed by atoms with Gasteiger partial charge in [-0.05, 0) is 18.8 Å². The Labute approximate surface area is 91.7 Å². The van der Waals surface area contributed by atoms with Gasteiger partial charge in [0.05, 0.1) is 0 Å². The van der Waals surface area contributed by atoms with Gasteiger partial charge in [0, 0.05) is 18.3 Å². The molecule has 2 nitrogen and oxygen atoms in total. The zero-order valence-electron chi connectivity index (χ0n) is 10.0. The largest absolute Gasteiger partial charge is 0.461 e. The van der Waals surface area contributed by atoms with Gasteiger partial charge in [-0.1, -0.05) is 32.4 Å². The van der Waals surface area contributed by atoms with E-state index in [1.165, 1.54) is 5.57 Å². The molecule has 0 N–H and O–H groups in total. The summed E-state index contributed by atoms with van der Waals surface area (Å²) >= 11 is 0. The van der Waals surface area contributed by atoms with Crippen LogP contribution in [-0.2, 0) is 9.53 Å². The summed E-state index contributed by atoms with van der Waals surface area (Å²) < 4.78 is 5.53. The summed E-state index contributed by atoms with van der Waals surface area (Å²) in [6.45, 7) is 8.59. The molecule has 3 aliphatic rings. The predicted octanol–water partition coefficient (Wildman–Crippen LogP) is 2.93. The molecule has 0 aliphatic heterocycles. The van der Waals surface area contributed by atoms with Crippen LogP contribution in [0.15, 0.2) is 11.6 Å². The van der Waals surface area contributed by atoms with Crippen LogP contribution in [0.4, 0.5) is 0 Å². The van der Waals surface area contributed by atoms with E-state index in [0.29, 0.717) is 23.7 Å². The van der Waals surface area contributed by atoms with Gasteiger partial charge in [0.1, 0.15) is 6.10 Å². The molecule has 0 aromatic heterocycles. The fraction of sp³-hybridized carbons (Fsp3) is 0.769. The van der Waals surface area contributed by atoms with Crippen LogP contribution < -0.4 is 0 Å². The average molecular weight is 208 g/mol. The van der Waals surface area contributed by atoms with E-state index < -0.39 is 0 Å². The van der Waals surface area contributed by atoms with E-state index in [1.54, 1.807) is 0 Å². The Morgan fingerprint density at radius 1 is 1.60 bits per heavy atom. The highest BCUT2D eigenvalue weighted by Gasteiger charge is 2.59. The molecule has 0 spiro atoms. The highest BCUT2D eigenvalue weighted by Crippen LogP contribution is 2.60. The van der Waals surface area contributed by atoms with Crippen molar-refractivity contribution < 1.29 is 9.53 Å². The zero-order valence-corrected chi connectivity index (χ0v) is 10.0. The number of carbonyl (C=O) groups excluding carboxylic acids is 1. The molecule has 84 valence electrons. The van der Waals surface area contributed by atoms with E-state index in [9.17, 15) is 4.79 Å².